The summed E-state index contributed by atoms with van der Waals surface area (Å²) in [6, 6.07) is 0. The number of nitrogens with zero attached hydrogens (tertiary/aromatic N) is 5. The van der Waals surface area contributed by atoms with Crippen LogP contribution in [0.15, 0.2) is 11.6 Å². The highest BCUT2D eigenvalue weighted by Crippen LogP contribution is 2.23. The fourth-order valence-corrected chi connectivity index (χ4v) is 3.92. The third-order valence-corrected chi connectivity index (χ3v) is 5.31. The maximum atomic E-state index is 13.0. The molecule has 1 fully saturated rings. The highest BCUT2D eigenvalue weighted by atomic mass is 32.1. The van der Waals surface area contributed by atoms with Crippen molar-refractivity contribution in [1.82, 2.24) is 19.7 Å². The Kier molecular flexibility index (Phi) is 4.89. The van der Waals surface area contributed by atoms with Crippen LogP contribution in [0.5, 0.6) is 0 Å². The molecule has 0 aromatic carbocycles. The van der Waals surface area contributed by atoms with Gasteiger partial charge in [0.15, 0.2) is 5.13 Å². The molecule has 0 bridgehead atoms. The molecule has 3 rings (SSSR count). The molecule has 0 spiro atoms. The Morgan fingerprint density at radius 1 is 1.25 bits per heavy atom. The van der Waals surface area contributed by atoms with E-state index in [4.69, 9.17) is 0 Å². The molecule has 3 heterocycles. The summed E-state index contributed by atoms with van der Waals surface area (Å²) in [5.74, 6) is 0.343. The predicted octanol–water partition coefficient (Wildman–Crippen LogP) is 2.66. The molecular formula is C17H25N5OS. The zero-order valence-electron chi connectivity index (χ0n) is 14.8. The number of thiazole rings is 1. The van der Waals surface area contributed by atoms with Crippen molar-refractivity contribution in [2.24, 2.45) is 7.05 Å². The van der Waals surface area contributed by atoms with Crippen LogP contribution in [0.3, 0.4) is 0 Å². The summed E-state index contributed by atoms with van der Waals surface area (Å²) in [5, 5.41) is 7.60. The summed E-state index contributed by atoms with van der Waals surface area (Å²) in [6.45, 7) is 9.46. The van der Waals surface area contributed by atoms with Gasteiger partial charge in [-0.05, 0) is 19.3 Å². The van der Waals surface area contributed by atoms with Crippen molar-refractivity contribution < 1.29 is 4.79 Å². The lowest BCUT2D eigenvalue weighted by Gasteiger charge is -2.22. The second-order valence-electron chi connectivity index (χ2n) is 6.66. The van der Waals surface area contributed by atoms with Crippen LogP contribution < -0.4 is 4.90 Å². The Labute approximate surface area is 147 Å². The first kappa shape index (κ1) is 17.0. The number of carbonyl (C=O) groups excluding carboxylic acids is 1. The normalized spacial score (nSPS) is 15.9. The fourth-order valence-electron chi connectivity index (χ4n) is 3.07. The van der Waals surface area contributed by atoms with Crippen molar-refractivity contribution in [1.29, 1.82) is 0 Å². The van der Waals surface area contributed by atoms with Crippen molar-refractivity contribution in [3.63, 3.8) is 0 Å². The molecule has 1 amide bonds. The van der Waals surface area contributed by atoms with E-state index in [0.29, 0.717) is 0 Å². The van der Waals surface area contributed by atoms with Gasteiger partial charge in [-0.15, -0.1) is 11.3 Å². The van der Waals surface area contributed by atoms with Gasteiger partial charge in [-0.25, -0.2) is 4.98 Å². The Hall–Kier alpha value is -1.89. The van der Waals surface area contributed by atoms with Gasteiger partial charge in [0.2, 0.25) is 0 Å². The number of hydrogen-bond donors (Lipinski definition) is 0. The van der Waals surface area contributed by atoms with Gasteiger partial charge in [-0.3, -0.25) is 9.48 Å². The second-order valence-corrected chi connectivity index (χ2v) is 7.50. The minimum Gasteiger partial charge on any atom is -0.346 e. The van der Waals surface area contributed by atoms with Gasteiger partial charge in [0, 0.05) is 44.8 Å². The predicted molar refractivity (Wildman–Crippen MR) is 96.9 cm³/mol. The van der Waals surface area contributed by atoms with E-state index in [1.807, 2.05) is 25.1 Å². The molecule has 0 unspecified atom stereocenters. The number of amides is 1. The van der Waals surface area contributed by atoms with E-state index in [1.165, 1.54) is 0 Å². The van der Waals surface area contributed by atoms with Crippen LogP contribution in [-0.2, 0) is 7.05 Å². The quantitative estimate of drug-likeness (QED) is 0.856. The fraction of sp³-hybridized carbons (Fsp3) is 0.588. The van der Waals surface area contributed by atoms with E-state index < -0.39 is 0 Å². The van der Waals surface area contributed by atoms with E-state index >= 15 is 0 Å². The highest BCUT2D eigenvalue weighted by molar-refractivity contribution is 7.13. The number of aromatic nitrogens is 3. The Bertz CT molecular complexity index is 720. The number of aryl methyl sites for hydroxylation is 2. The maximum Gasteiger partial charge on any atom is 0.257 e. The highest BCUT2D eigenvalue weighted by Gasteiger charge is 2.25. The van der Waals surface area contributed by atoms with Crippen molar-refractivity contribution in [2.75, 3.05) is 31.1 Å². The van der Waals surface area contributed by atoms with Crippen LogP contribution in [0.2, 0.25) is 0 Å². The molecule has 0 radical (unpaired) electrons. The lowest BCUT2D eigenvalue weighted by Crippen LogP contribution is -2.35. The molecule has 2 aromatic heterocycles. The number of carbonyl (C=O) groups is 1. The topological polar surface area (TPSA) is 54.3 Å². The Balaban J connectivity index is 1.73. The summed E-state index contributed by atoms with van der Waals surface area (Å²) < 4.78 is 1.74. The summed E-state index contributed by atoms with van der Waals surface area (Å²) in [7, 11) is 1.87. The zero-order valence-corrected chi connectivity index (χ0v) is 15.6. The monoisotopic (exact) mass is 347 g/mol. The first-order valence-corrected chi connectivity index (χ1v) is 9.33. The summed E-state index contributed by atoms with van der Waals surface area (Å²) in [6.07, 6.45) is 2.81. The smallest absolute Gasteiger partial charge is 0.257 e. The molecule has 6 nitrogen and oxygen atoms in total. The third kappa shape index (κ3) is 3.45. The molecule has 0 atom stereocenters. The van der Waals surface area contributed by atoms with Gasteiger partial charge >= 0.3 is 0 Å². The van der Waals surface area contributed by atoms with E-state index in [2.05, 4.69) is 34.2 Å². The standard InChI is InChI=1S/C17H25N5OS/c1-12(2)15-14(10-20(4)19-15)16(23)21-6-5-7-22(9-8-21)17-18-13(3)11-24-17/h10-12H,5-9H2,1-4H3. The number of hydrogen-bond acceptors (Lipinski definition) is 5. The van der Waals surface area contributed by atoms with Crippen molar-refractivity contribution in [2.45, 2.75) is 33.1 Å². The lowest BCUT2D eigenvalue weighted by molar-refractivity contribution is 0.0765. The molecule has 130 valence electrons. The van der Waals surface area contributed by atoms with Crippen LogP contribution in [0.1, 0.15) is 47.9 Å². The SMILES string of the molecule is Cc1csc(N2CCCN(C(=O)c3cn(C)nc3C(C)C)CC2)n1. The van der Waals surface area contributed by atoms with Crippen molar-refractivity contribution >= 4 is 22.4 Å². The number of rotatable bonds is 3. The molecule has 0 N–H and O–H groups in total. The van der Waals surface area contributed by atoms with E-state index in [1.54, 1.807) is 16.0 Å². The van der Waals surface area contributed by atoms with Crippen molar-refractivity contribution in [3.05, 3.63) is 28.5 Å². The van der Waals surface area contributed by atoms with Crippen LogP contribution in [0.25, 0.3) is 0 Å². The van der Waals surface area contributed by atoms with Gasteiger partial charge in [0.25, 0.3) is 5.91 Å². The van der Waals surface area contributed by atoms with Crippen molar-refractivity contribution in [3.8, 4) is 0 Å². The Morgan fingerprint density at radius 3 is 2.71 bits per heavy atom. The largest absolute Gasteiger partial charge is 0.346 e. The molecule has 24 heavy (non-hydrogen) atoms. The summed E-state index contributed by atoms with van der Waals surface area (Å²) in [4.78, 5) is 21.8. The maximum absolute atomic E-state index is 13.0. The second kappa shape index (κ2) is 6.93. The van der Waals surface area contributed by atoms with E-state index in [-0.39, 0.29) is 11.8 Å². The number of anilines is 1. The average molecular weight is 347 g/mol. The van der Waals surface area contributed by atoms with Gasteiger partial charge in [0.1, 0.15) is 0 Å². The van der Waals surface area contributed by atoms with Crippen LogP contribution >= 0.6 is 11.3 Å². The van der Waals surface area contributed by atoms with Gasteiger partial charge in [0.05, 0.1) is 17.0 Å². The van der Waals surface area contributed by atoms with Crippen LogP contribution in [0, 0.1) is 6.92 Å². The summed E-state index contributed by atoms with van der Waals surface area (Å²) >= 11 is 1.68. The molecule has 0 saturated carbocycles. The molecule has 1 aliphatic rings. The first-order valence-electron chi connectivity index (χ1n) is 8.45. The van der Waals surface area contributed by atoms with Gasteiger partial charge < -0.3 is 9.80 Å². The zero-order chi connectivity index (χ0) is 17.3. The van der Waals surface area contributed by atoms with E-state index in [0.717, 1.165) is 54.7 Å². The molecule has 1 aliphatic heterocycles. The van der Waals surface area contributed by atoms with E-state index in [9.17, 15) is 4.79 Å². The summed E-state index contributed by atoms with van der Waals surface area (Å²) in [5.41, 5.74) is 2.69. The average Bonchev–Trinajstić information content (AvgIpc) is 3.05. The minimum absolute atomic E-state index is 0.101. The molecule has 7 heteroatoms. The van der Waals surface area contributed by atoms with Crippen LogP contribution in [-0.4, -0.2) is 51.8 Å². The molecule has 1 saturated heterocycles. The van der Waals surface area contributed by atoms with Gasteiger partial charge in [-0.1, -0.05) is 13.8 Å². The van der Waals surface area contributed by atoms with Crippen LogP contribution in [0.4, 0.5) is 5.13 Å². The molecule has 2 aromatic rings. The third-order valence-electron chi connectivity index (χ3n) is 4.30. The molecule has 0 aliphatic carbocycles. The minimum atomic E-state index is 0.101. The molecular weight excluding hydrogens is 322 g/mol. The van der Waals surface area contributed by atoms with Gasteiger partial charge in [-0.2, -0.15) is 5.10 Å². The lowest BCUT2D eigenvalue weighted by atomic mass is 10.1. The Morgan fingerprint density at radius 2 is 2.04 bits per heavy atom. The first-order chi connectivity index (χ1) is 11.5.